The van der Waals surface area contributed by atoms with Gasteiger partial charge in [0.1, 0.15) is 0 Å². The van der Waals surface area contributed by atoms with E-state index in [1.54, 1.807) is 4.90 Å². The van der Waals surface area contributed by atoms with E-state index in [4.69, 9.17) is 10.2 Å². The number of amides is 1. The zero-order valence-electron chi connectivity index (χ0n) is 12.4. The molecule has 0 aromatic heterocycles. The van der Waals surface area contributed by atoms with E-state index in [9.17, 15) is 9.59 Å². The van der Waals surface area contributed by atoms with Crippen LogP contribution in [0.3, 0.4) is 0 Å². The number of carbonyl (C=O) groups is 2. The van der Waals surface area contributed by atoms with Crippen molar-refractivity contribution < 1.29 is 19.8 Å². The molecule has 1 atom stereocenters. The fourth-order valence-electron chi connectivity index (χ4n) is 2.29. The third kappa shape index (κ3) is 3.01. The summed E-state index contributed by atoms with van der Waals surface area (Å²) >= 11 is 0. The number of fused-ring (bicyclic) bond motifs is 1. The maximum atomic E-state index is 12.5. The Morgan fingerprint density at radius 1 is 1.18 bits per heavy atom. The van der Waals surface area contributed by atoms with Gasteiger partial charge in [0.15, 0.2) is 6.04 Å². The van der Waals surface area contributed by atoms with Crippen molar-refractivity contribution in [2.24, 2.45) is 0 Å². The van der Waals surface area contributed by atoms with Gasteiger partial charge in [-0.2, -0.15) is 0 Å². The van der Waals surface area contributed by atoms with Crippen LogP contribution < -0.4 is 10.2 Å². The van der Waals surface area contributed by atoms with Gasteiger partial charge in [0.05, 0.1) is 12.2 Å². The van der Waals surface area contributed by atoms with Crippen LogP contribution in [0.4, 0.5) is 5.69 Å². The highest BCUT2D eigenvalue weighted by molar-refractivity contribution is 6.12. The molecular formula is C16H18N2O4. The number of rotatable bonds is 5. The van der Waals surface area contributed by atoms with Gasteiger partial charge in [0, 0.05) is 19.8 Å². The third-order valence-electron chi connectivity index (χ3n) is 3.40. The number of benzene rings is 2. The number of carbonyl (C=O) groups excluding carboxylic acids is 1. The molecule has 0 saturated carbocycles. The molecule has 0 aliphatic rings. The molecule has 0 aliphatic carbocycles. The number of nitrogens with zero attached hydrogens (tertiary/aromatic N) is 1. The lowest BCUT2D eigenvalue weighted by Crippen LogP contribution is -2.43. The molecule has 2 rings (SSSR count). The van der Waals surface area contributed by atoms with Gasteiger partial charge in [-0.3, -0.25) is 4.79 Å². The second kappa shape index (κ2) is 6.44. The molecule has 6 heteroatoms. The first kappa shape index (κ1) is 15.8. The lowest BCUT2D eigenvalue weighted by atomic mass is 10.0. The van der Waals surface area contributed by atoms with E-state index in [1.165, 1.54) is 0 Å². The highest BCUT2D eigenvalue weighted by atomic mass is 16.4. The van der Waals surface area contributed by atoms with Gasteiger partial charge in [0.25, 0.3) is 5.91 Å². The van der Waals surface area contributed by atoms with Crippen LogP contribution in [-0.4, -0.2) is 48.8 Å². The van der Waals surface area contributed by atoms with E-state index < -0.39 is 24.5 Å². The van der Waals surface area contributed by atoms with Crippen LogP contribution in [-0.2, 0) is 4.79 Å². The number of carboxylic acid groups (broad SMARTS) is 1. The first-order valence-corrected chi connectivity index (χ1v) is 6.79. The Bertz CT molecular complexity index is 712. The Morgan fingerprint density at radius 2 is 1.86 bits per heavy atom. The molecule has 0 heterocycles. The Labute approximate surface area is 128 Å². The zero-order chi connectivity index (χ0) is 16.3. The molecule has 0 spiro atoms. The summed E-state index contributed by atoms with van der Waals surface area (Å²) in [5, 5.41) is 22.0. The minimum atomic E-state index is -1.33. The summed E-state index contributed by atoms with van der Waals surface area (Å²) in [6.07, 6.45) is 0. The average molecular weight is 302 g/mol. The summed E-state index contributed by atoms with van der Waals surface area (Å²) < 4.78 is 0. The second-order valence-corrected chi connectivity index (χ2v) is 5.12. The molecule has 0 aliphatic heterocycles. The number of aliphatic carboxylic acids is 1. The molecule has 0 bridgehead atoms. The van der Waals surface area contributed by atoms with Gasteiger partial charge >= 0.3 is 5.97 Å². The summed E-state index contributed by atoms with van der Waals surface area (Å²) in [6.45, 7) is -0.664. The van der Waals surface area contributed by atoms with Crippen molar-refractivity contribution in [2.75, 3.05) is 25.6 Å². The van der Waals surface area contributed by atoms with Crippen molar-refractivity contribution in [3.63, 3.8) is 0 Å². The minimum Gasteiger partial charge on any atom is -0.480 e. The number of carboxylic acids is 1. The first-order chi connectivity index (χ1) is 10.5. The second-order valence-electron chi connectivity index (χ2n) is 5.12. The third-order valence-corrected chi connectivity index (χ3v) is 3.40. The lowest BCUT2D eigenvalue weighted by Gasteiger charge is -2.20. The fraction of sp³-hybridized carbons (Fsp3) is 0.250. The van der Waals surface area contributed by atoms with E-state index in [1.807, 2.05) is 50.5 Å². The van der Waals surface area contributed by atoms with Crippen molar-refractivity contribution >= 4 is 28.3 Å². The van der Waals surface area contributed by atoms with E-state index in [0.29, 0.717) is 11.3 Å². The number of anilines is 1. The fourth-order valence-corrected chi connectivity index (χ4v) is 2.29. The Kier molecular flexibility index (Phi) is 4.62. The predicted octanol–water partition coefficient (Wildman–Crippen LogP) is 1.08. The van der Waals surface area contributed by atoms with Gasteiger partial charge in [-0.25, -0.2) is 4.79 Å². The van der Waals surface area contributed by atoms with Crippen LogP contribution in [0.25, 0.3) is 10.8 Å². The van der Waals surface area contributed by atoms with E-state index in [2.05, 4.69) is 5.32 Å². The summed E-state index contributed by atoms with van der Waals surface area (Å²) in [5.74, 6) is -1.80. The number of aliphatic hydroxyl groups is 1. The Morgan fingerprint density at radius 3 is 2.45 bits per heavy atom. The molecule has 0 saturated heterocycles. The molecule has 116 valence electrons. The van der Waals surface area contributed by atoms with Crippen molar-refractivity contribution in [2.45, 2.75) is 6.04 Å². The van der Waals surface area contributed by atoms with E-state index in [-0.39, 0.29) is 0 Å². The summed E-state index contributed by atoms with van der Waals surface area (Å²) in [4.78, 5) is 25.3. The summed E-state index contributed by atoms with van der Waals surface area (Å²) in [7, 11) is 3.61. The smallest absolute Gasteiger partial charge is 0.328 e. The van der Waals surface area contributed by atoms with Gasteiger partial charge in [-0.05, 0) is 16.8 Å². The monoisotopic (exact) mass is 302 g/mol. The molecule has 0 fully saturated rings. The van der Waals surface area contributed by atoms with Crippen LogP contribution in [0.5, 0.6) is 0 Å². The van der Waals surface area contributed by atoms with Gasteiger partial charge in [0.2, 0.25) is 0 Å². The molecular weight excluding hydrogens is 284 g/mol. The van der Waals surface area contributed by atoms with Crippen LogP contribution >= 0.6 is 0 Å². The van der Waals surface area contributed by atoms with Gasteiger partial charge in [-0.15, -0.1) is 0 Å². The van der Waals surface area contributed by atoms with Crippen molar-refractivity contribution in [3.8, 4) is 0 Å². The molecule has 2 aromatic carbocycles. The topological polar surface area (TPSA) is 89.9 Å². The number of hydrogen-bond donors (Lipinski definition) is 3. The Hall–Kier alpha value is -2.60. The molecule has 6 nitrogen and oxygen atoms in total. The Balaban J connectivity index is 2.54. The highest BCUT2D eigenvalue weighted by Gasteiger charge is 2.23. The van der Waals surface area contributed by atoms with Crippen molar-refractivity contribution in [1.29, 1.82) is 0 Å². The largest absolute Gasteiger partial charge is 0.480 e. The first-order valence-electron chi connectivity index (χ1n) is 6.79. The maximum Gasteiger partial charge on any atom is 0.328 e. The SMILES string of the molecule is CN(C)c1ccc2ccccc2c1C(=O)NC(CO)C(=O)O. The molecule has 2 aromatic rings. The predicted molar refractivity (Wildman–Crippen MR) is 84.3 cm³/mol. The summed E-state index contributed by atoms with van der Waals surface area (Å²) in [5.41, 5.74) is 1.07. The molecule has 1 unspecified atom stereocenters. The number of aliphatic hydroxyl groups excluding tert-OH is 1. The lowest BCUT2D eigenvalue weighted by molar-refractivity contribution is -0.140. The van der Waals surface area contributed by atoms with Crippen LogP contribution in [0.15, 0.2) is 36.4 Å². The number of nitrogens with one attached hydrogen (secondary N) is 1. The summed E-state index contributed by atoms with van der Waals surface area (Å²) in [6, 6.07) is 9.76. The van der Waals surface area contributed by atoms with Gasteiger partial charge < -0.3 is 20.4 Å². The van der Waals surface area contributed by atoms with E-state index in [0.717, 1.165) is 10.8 Å². The zero-order valence-corrected chi connectivity index (χ0v) is 12.4. The standard InChI is InChI=1S/C16H18N2O4/c1-18(2)13-8-7-10-5-3-4-6-11(10)14(13)15(20)17-12(9-19)16(21)22/h3-8,12,19H,9H2,1-2H3,(H,17,20)(H,21,22). The molecule has 1 amide bonds. The van der Waals surface area contributed by atoms with Crippen LogP contribution in [0.2, 0.25) is 0 Å². The normalized spacial score (nSPS) is 12.0. The quantitative estimate of drug-likeness (QED) is 0.769. The maximum absolute atomic E-state index is 12.5. The van der Waals surface area contributed by atoms with E-state index >= 15 is 0 Å². The van der Waals surface area contributed by atoms with Gasteiger partial charge in [-0.1, -0.05) is 30.3 Å². The number of hydrogen-bond acceptors (Lipinski definition) is 4. The van der Waals surface area contributed by atoms with Crippen molar-refractivity contribution in [1.82, 2.24) is 5.32 Å². The average Bonchev–Trinajstić information content (AvgIpc) is 2.50. The molecule has 3 N–H and O–H groups in total. The molecule has 22 heavy (non-hydrogen) atoms. The highest BCUT2D eigenvalue weighted by Crippen LogP contribution is 2.28. The minimum absolute atomic E-state index is 0.391. The van der Waals surface area contributed by atoms with Crippen LogP contribution in [0.1, 0.15) is 10.4 Å². The van der Waals surface area contributed by atoms with Crippen LogP contribution in [0, 0.1) is 0 Å². The molecule has 0 radical (unpaired) electrons. The van der Waals surface area contributed by atoms with Crippen molar-refractivity contribution in [3.05, 3.63) is 42.0 Å².